The molecule has 1 atom stereocenters. The number of carbonyl (C=O) groups excluding carboxylic acids is 1. The molecule has 1 N–H and O–H groups in total. The first-order valence-corrected chi connectivity index (χ1v) is 9.28. The summed E-state index contributed by atoms with van der Waals surface area (Å²) < 4.78 is 27.5. The summed E-state index contributed by atoms with van der Waals surface area (Å²) in [6.45, 7) is 1.86. The molecule has 126 valence electrons. The van der Waals surface area contributed by atoms with Crippen LogP contribution in [-0.4, -0.2) is 27.9 Å². The van der Waals surface area contributed by atoms with Crippen LogP contribution < -0.4 is 9.62 Å². The summed E-state index contributed by atoms with van der Waals surface area (Å²) in [5, 5.41) is 0. The fraction of sp³-hybridized carbons (Fsp3) is 0.278. The maximum atomic E-state index is 12.4. The molecule has 1 aliphatic rings. The van der Waals surface area contributed by atoms with Gasteiger partial charge in [0.1, 0.15) is 0 Å². The molecular formula is C18H20N2O3S. The van der Waals surface area contributed by atoms with Crippen molar-refractivity contribution in [2.45, 2.75) is 24.2 Å². The normalized spacial score (nSPS) is 16.2. The van der Waals surface area contributed by atoms with Crippen LogP contribution in [0.25, 0.3) is 0 Å². The largest absolute Gasteiger partial charge is 0.316 e. The van der Waals surface area contributed by atoms with Gasteiger partial charge in [-0.25, -0.2) is 13.1 Å². The van der Waals surface area contributed by atoms with E-state index >= 15 is 0 Å². The summed E-state index contributed by atoms with van der Waals surface area (Å²) in [5.41, 5.74) is 3.17. The minimum absolute atomic E-state index is 0.104. The summed E-state index contributed by atoms with van der Waals surface area (Å²) >= 11 is 0. The van der Waals surface area contributed by atoms with E-state index in [1.54, 1.807) is 19.2 Å². The van der Waals surface area contributed by atoms with Gasteiger partial charge in [-0.05, 0) is 41.8 Å². The Morgan fingerprint density at radius 2 is 1.83 bits per heavy atom. The van der Waals surface area contributed by atoms with Gasteiger partial charge in [0.05, 0.1) is 4.90 Å². The summed E-state index contributed by atoms with van der Waals surface area (Å²) in [5.74, 6) is 0.131. The number of nitrogens with one attached hydrogen (secondary N) is 1. The van der Waals surface area contributed by atoms with Gasteiger partial charge in [-0.2, -0.15) is 0 Å². The molecule has 1 unspecified atom stereocenters. The molecule has 5 nitrogen and oxygen atoms in total. The summed E-state index contributed by atoms with van der Waals surface area (Å²) in [4.78, 5) is 13.0. The van der Waals surface area contributed by atoms with Crippen LogP contribution in [0.5, 0.6) is 0 Å². The molecule has 2 aromatic rings. The van der Waals surface area contributed by atoms with Crippen LogP contribution in [0.4, 0.5) is 5.69 Å². The topological polar surface area (TPSA) is 66.5 Å². The molecule has 0 saturated carbocycles. The van der Waals surface area contributed by atoms with Crippen LogP contribution in [0.3, 0.4) is 0 Å². The highest BCUT2D eigenvalue weighted by atomic mass is 32.2. The molecule has 1 aliphatic carbocycles. The molecule has 0 bridgehead atoms. The Bertz CT molecular complexity index is 860. The van der Waals surface area contributed by atoms with Gasteiger partial charge in [0.15, 0.2) is 0 Å². The molecule has 0 aromatic heterocycles. The average molecular weight is 344 g/mol. The lowest BCUT2D eigenvalue weighted by atomic mass is 9.78. The number of hydrogen-bond donors (Lipinski definition) is 1. The van der Waals surface area contributed by atoms with Crippen LogP contribution in [0.2, 0.25) is 0 Å². The first kappa shape index (κ1) is 16.7. The van der Waals surface area contributed by atoms with Crippen molar-refractivity contribution in [1.82, 2.24) is 4.72 Å². The number of carbonyl (C=O) groups is 1. The van der Waals surface area contributed by atoms with Crippen LogP contribution in [0, 0.1) is 0 Å². The molecule has 3 rings (SSSR count). The Morgan fingerprint density at radius 1 is 1.17 bits per heavy atom. The zero-order valence-electron chi connectivity index (χ0n) is 13.7. The first-order chi connectivity index (χ1) is 11.4. The molecule has 6 heteroatoms. The molecule has 24 heavy (non-hydrogen) atoms. The number of fused-ring (bicyclic) bond motifs is 1. The van der Waals surface area contributed by atoms with Crippen molar-refractivity contribution >= 4 is 21.6 Å². The number of nitrogens with zero attached hydrogens (tertiary/aromatic N) is 1. The zero-order valence-corrected chi connectivity index (χ0v) is 14.5. The lowest BCUT2D eigenvalue weighted by Gasteiger charge is -2.30. The number of benzene rings is 2. The lowest BCUT2D eigenvalue weighted by Crippen LogP contribution is -2.33. The third-order valence-electron chi connectivity index (χ3n) is 4.49. The number of anilines is 1. The summed E-state index contributed by atoms with van der Waals surface area (Å²) in [7, 11) is -1.90. The van der Waals surface area contributed by atoms with Crippen molar-refractivity contribution in [3.63, 3.8) is 0 Å². The monoisotopic (exact) mass is 344 g/mol. The number of amides is 1. The highest BCUT2D eigenvalue weighted by Gasteiger charge is 2.27. The Kier molecular flexibility index (Phi) is 4.43. The van der Waals surface area contributed by atoms with Gasteiger partial charge >= 0.3 is 0 Å². The predicted octanol–water partition coefficient (Wildman–Crippen LogP) is 2.29. The molecule has 0 aliphatic heterocycles. The molecular weight excluding hydrogens is 324 g/mol. The van der Waals surface area contributed by atoms with Gasteiger partial charge in [-0.15, -0.1) is 0 Å². The maximum absolute atomic E-state index is 12.4. The van der Waals surface area contributed by atoms with E-state index in [2.05, 4.69) is 10.8 Å². The molecule has 0 heterocycles. The second-order valence-corrected chi connectivity index (χ2v) is 7.79. The van der Waals surface area contributed by atoms with Crippen molar-refractivity contribution < 1.29 is 13.2 Å². The summed E-state index contributed by atoms with van der Waals surface area (Å²) in [6.07, 6.45) is 0.904. The minimum atomic E-state index is -3.55. The Hall–Kier alpha value is -2.18. The zero-order chi connectivity index (χ0) is 17.3. The molecule has 0 fully saturated rings. The number of rotatable bonds is 5. The highest BCUT2D eigenvalue weighted by Crippen LogP contribution is 2.34. The standard InChI is InChI=1S/C18H20N2O3S/c1-13(21)20(2)16-7-9-17(10-8-16)24(22,23)19-12-15-11-14-5-3-4-6-18(14)15/h3-10,15,19H,11-12H2,1-2H3. The van der Waals surface area contributed by atoms with Crippen LogP contribution >= 0.6 is 0 Å². The second-order valence-electron chi connectivity index (χ2n) is 6.02. The minimum Gasteiger partial charge on any atom is -0.316 e. The predicted molar refractivity (Wildman–Crippen MR) is 93.6 cm³/mol. The number of hydrogen-bond acceptors (Lipinski definition) is 3. The Morgan fingerprint density at radius 3 is 2.46 bits per heavy atom. The van der Waals surface area contributed by atoms with Crippen molar-refractivity contribution in [3.05, 3.63) is 59.7 Å². The van der Waals surface area contributed by atoms with Gasteiger partial charge in [0, 0.05) is 32.1 Å². The van der Waals surface area contributed by atoms with Gasteiger partial charge < -0.3 is 4.90 Å². The van der Waals surface area contributed by atoms with E-state index < -0.39 is 10.0 Å². The smallest absolute Gasteiger partial charge is 0.240 e. The van der Waals surface area contributed by atoms with E-state index in [0.717, 1.165) is 6.42 Å². The van der Waals surface area contributed by atoms with E-state index in [-0.39, 0.29) is 16.7 Å². The van der Waals surface area contributed by atoms with Crippen LogP contribution in [0.1, 0.15) is 24.0 Å². The van der Waals surface area contributed by atoms with E-state index in [1.165, 1.54) is 35.1 Å². The Balaban J connectivity index is 1.67. The molecule has 0 spiro atoms. The Labute approximate surface area is 142 Å². The second kappa shape index (κ2) is 6.37. The van der Waals surface area contributed by atoms with E-state index in [4.69, 9.17) is 0 Å². The lowest BCUT2D eigenvalue weighted by molar-refractivity contribution is -0.116. The average Bonchev–Trinajstić information content (AvgIpc) is 2.55. The quantitative estimate of drug-likeness (QED) is 0.905. The third kappa shape index (κ3) is 3.20. The van der Waals surface area contributed by atoms with Gasteiger partial charge in [0.2, 0.25) is 15.9 Å². The molecule has 0 radical (unpaired) electrons. The van der Waals surface area contributed by atoms with Crippen molar-refractivity contribution in [1.29, 1.82) is 0 Å². The third-order valence-corrected chi connectivity index (χ3v) is 5.93. The van der Waals surface area contributed by atoms with Crippen molar-refractivity contribution in [3.8, 4) is 0 Å². The molecule has 2 aromatic carbocycles. The van der Waals surface area contributed by atoms with E-state index in [9.17, 15) is 13.2 Å². The summed E-state index contributed by atoms with van der Waals surface area (Å²) in [6, 6.07) is 14.4. The first-order valence-electron chi connectivity index (χ1n) is 7.80. The van der Waals surface area contributed by atoms with Gasteiger partial charge in [-0.1, -0.05) is 24.3 Å². The van der Waals surface area contributed by atoms with Crippen molar-refractivity contribution in [2.75, 3.05) is 18.5 Å². The maximum Gasteiger partial charge on any atom is 0.240 e. The number of sulfonamides is 1. The molecule has 1 amide bonds. The van der Waals surface area contributed by atoms with Gasteiger partial charge in [0.25, 0.3) is 0 Å². The van der Waals surface area contributed by atoms with Crippen LogP contribution in [-0.2, 0) is 21.2 Å². The molecule has 0 saturated heterocycles. The fourth-order valence-corrected chi connectivity index (χ4v) is 3.95. The fourth-order valence-electron chi connectivity index (χ4n) is 2.87. The highest BCUT2D eigenvalue weighted by molar-refractivity contribution is 7.89. The van der Waals surface area contributed by atoms with Crippen LogP contribution in [0.15, 0.2) is 53.4 Å². The van der Waals surface area contributed by atoms with Crippen molar-refractivity contribution in [2.24, 2.45) is 0 Å². The van der Waals surface area contributed by atoms with E-state index in [1.807, 2.05) is 18.2 Å². The van der Waals surface area contributed by atoms with Gasteiger partial charge in [-0.3, -0.25) is 4.79 Å². The van der Waals surface area contributed by atoms with E-state index in [0.29, 0.717) is 12.2 Å². The SMILES string of the molecule is CC(=O)N(C)c1ccc(S(=O)(=O)NCC2Cc3ccccc32)cc1.